The Bertz CT molecular complexity index is 745. The number of hydrogen-bond acceptors (Lipinski definition) is 1. The lowest BCUT2D eigenvalue weighted by molar-refractivity contribution is 0.274. The summed E-state index contributed by atoms with van der Waals surface area (Å²) in [5.74, 6) is 0. The van der Waals surface area contributed by atoms with Crippen molar-refractivity contribution in [2.24, 2.45) is 0 Å². The molecular weight excluding hydrogens is 311 g/mol. The van der Waals surface area contributed by atoms with Crippen LogP contribution in [0, 0.1) is 0 Å². The van der Waals surface area contributed by atoms with Crippen molar-refractivity contribution in [3.05, 3.63) is 97.3 Å². The molecule has 0 aliphatic rings. The molecule has 3 rings (SSSR count). The van der Waals surface area contributed by atoms with E-state index in [0.717, 1.165) is 0 Å². The minimum Gasteiger partial charge on any atom is -0.493 e. The topological polar surface area (TPSA) is 9.23 Å². The molecule has 0 saturated heterocycles. The fourth-order valence-electron chi connectivity index (χ4n) is 2.83. The third kappa shape index (κ3) is 3.24. The number of benzene rings is 3. The average molecular weight is 332 g/mol. The standard InChI is InChI=1S/C22H21OP/c1-2-23-18-19-24(20-12-6-3-7-13-20,21-14-8-4-9-15-21)22-16-10-5-11-17-22/h3-18H,2H2,1H3. The van der Waals surface area contributed by atoms with E-state index in [9.17, 15) is 0 Å². The highest BCUT2D eigenvalue weighted by Gasteiger charge is 2.24. The zero-order chi connectivity index (χ0) is 16.7. The second-order valence-corrected chi connectivity index (χ2v) is 8.53. The van der Waals surface area contributed by atoms with Crippen LogP contribution >= 0.6 is 6.89 Å². The van der Waals surface area contributed by atoms with Gasteiger partial charge >= 0.3 is 0 Å². The molecule has 0 bridgehead atoms. The summed E-state index contributed by atoms with van der Waals surface area (Å²) in [5.41, 5.74) is 3.65. The Morgan fingerprint density at radius 2 is 1.08 bits per heavy atom. The Kier molecular flexibility index (Phi) is 5.39. The maximum Gasteiger partial charge on any atom is 0.125 e. The van der Waals surface area contributed by atoms with E-state index in [4.69, 9.17) is 4.74 Å². The number of hydrogen-bond donors (Lipinski definition) is 0. The molecule has 1 nitrogen and oxygen atoms in total. The van der Waals surface area contributed by atoms with Gasteiger partial charge in [-0.05, 0) is 22.8 Å². The molecule has 0 aliphatic carbocycles. The average Bonchev–Trinajstić information content (AvgIpc) is 2.68. The predicted octanol–water partition coefficient (Wildman–Crippen LogP) is 3.93. The van der Waals surface area contributed by atoms with Crippen LogP contribution in [0.15, 0.2) is 97.3 Å². The van der Waals surface area contributed by atoms with Gasteiger partial charge in [-0.3, -0.25) is 0 Å². The molecule has 0 radical (unpaired) electrons. The number of ether oxygens (including phenoxy) is 1. The minimum absolute atomic E-state index is 0.644. The third-order valence-electron chi connectivity index (χ3n) is 3.93. The molecule has 0 spiro atoms. The first-order chi connectivity index (χ1) is 11.9. The fourth-order valence-corrected chi connectivity index (χ4v) is 6.26. The zero-order valence-electron chi connectivity index (χ0n) is 13.8. The molecule has 0 aromatic heterocycles. The lowest BCUT2D eigenvalue weighted by atomic mass is 10.4. The first kappa shape index (κ1) is 16.4. The van der Waals surface area contributed by atoms with Crippen LogP contribution in [0.3, 0.4) is 0 Å². The molecule has 3 aromatic rings. The molecule has 0 fully saturated rings. The van der Waals surface area contributed by atoms with E-state index in [0.29, 0.717) is 6.61 Å². The van der Waals surface area contributed by atoms with Crippen LogP contribution in [0.4, 0.5) is 0 Å². The van der Waals surface area contributed by atoms with E-state index in [1.54, 1.807) is 6.26 Å². The van der Waals surface area contributed by atoms with Crippen molar-refractivity contribution >= 4 is 28.3 Å². The van der Waals surface area contributed by atoms with E-state index in [1.807, 2.05) is 6.92 Å². The minimum atomic E-state index is -2.01. The molecule has 2 heteroatoms. The van der Waals surface area contributed by atoms with E-state index in [2.05, 4.69) is 96.4 Å². The molecule has 0 atom stereocenters. The highest BCUT2D eigenvalue weighted by Crippen LogP contribution is 2.42. The van der Waals surface area contributed by atoms with Crippen LogP contribution in [-0.4, -0.2) is 12.1 Å². The van der Waals surface area contributed by atoms with Crippen molar-refractivity contribution < 1.29 is 4.74 Å². The summed E-state index contributed by atoms with van der Waals surface area (Å²) < 4.78 is 5.55. The van der Waals surface area contributed by atoms with Crippen molar-refractivity contribution in [3.63, 3.8) is 0 Å². The summed E-state index contributed by atoms with van der Waals surface area (Å²) in [6, 6.07) is 31.9. The molecule has 24 heavy (non-hydrogen) atoms. The Morgan fingerprint density at radius 1 is 0.708 bits per heavy atom. The summed E-state index contributed by atoms with van der Waals surface area (Å²) in [6.07, 6.45) is 1.75. The molecule has 0 amide bonds. The van der Waals surface area contributed by atoms with Crippen LogP contribution in [0.1, 0.15) is 6.92 Å². The lowest BCUT2D eigenvalue weighted by Gasteiger charge is -2.25. The quantitative estimate of drug-likeness (QED) is 0.508. The Morgan fingerprint density at radius 3 is 1.42 bits per heavy atom. The summed E-state index contributed by atoms with van der Waals surface area (Å²) in [6.45, 7) is 0.623. The van der Waals surface area contributed by atoms with Gasteiger partial charge in [0.25, 0.3) is 0 Å². The first-order valence-corrected chi connectivity index (χ1v) is 9.94. The third-order valence-corrected chi connectivity index (χ3v) is 7.64. The van der Waals surface area contributed by atoms with Crippen molar-refractivity contribution in [2.75, 3.05) is 6.61 Å². The van der Waals surface area contributed by atoms with Crippen LogP contribution in [0.2, 0.25) is 0 Å². The van der Waals surface area contributed by atoms with Gasteiger partial charge in [-0.2, -0.15) is 0 Å². The van der Waals surface area contributed by atoms with Crippen LogP contribution < -0.4 is 15.9 Å². The predicted molar refractivity (Wildman–Crippen MR) is 106 cm³/mol. The van der Waals surface area contributed by atoms with E-state index >= 15 is 0 Å². The maximum absolute atomic E-state index is 5.55. The Hall–Kier alpha value is -2.46. The lowest BCUT2D eigenvalue weighted by Crippen LogP contribution is -2.25. The molecule has 0 aliphatic heterocycles. The van der Waals surface area contributed by atoms with Gasteiger partial charge in [-0.25, -0.2) is 0 Å². The van der Waals surface area contributed by atoms with Gasteiger partial charge in [0.2, 0.25) is 0 Å². The summed E-state index contributed by atoms with van der Waals surface area (Å²) in [5, 5.41) is 3.83. The molecular formula is C22H21OP. The van der Waals surface area contributed by atoms with E-state index in [1.165, 1.54) is 15.9 Å². The van der Waals surface area contributed by atoms with Gasteiger partial charge < -0.3 is 4.74 Å². The summed E-state index contributed by atoms with van der Waals surface area (Å²) in [7, 11) is 0. The Balaban J connectivity index is 2.40. The largest absolute Gasteiger partial charge is 0.493 e. The SMILES string of the molecule is CCOC=C=P(c1ccccc1)(c1ccccc1)c1ccccc1. The zero-order valence-corrected chi connectivity index (χ0v) is 14.7. The summed E-state index contributed by atoms with van der Waals surface area (Å²) >= 11 is 0. The van der Waals surface area contributed by atoms with Gasteiger partial charge in [0.15, 0.2) is 0 Å². The Labute approximate surface area is 144 Å². The molecule has 0 N–H and O–H groups in total. The molecule has 0 saturated carbocycles. The molecule has 120 valence electrons. The number of rotatable bonds is 5. The smallest absolute Gasteiger partial charge is 0.125 e. The van der Waals surface area contributed by atoms with Gasteiger partial charge in [-0.15, -0.1) is 0 Å². The van der Waals surface area contributed by atoms with Gasteiger partial charge in [0.05, 0.1) is 6.61 Å². The van der Waals surface area contributed by atoms with Gasteiger partial charge in [-0.1, -0.05) is 96.4 Å². The van der Waals surface area contributed by atoms with Crippen LogP contribution in [0.25, 0.3) is 0 Å². The molecule has 0 heterocycles. The van der Waals surface area contributed by atoms with Crippen molar-refractivity contribution in [1.29, 1.82) is 0 Å². The van der Waals surface area contributed by atoms with Crippen molar-refractivity contribution in [3.8, 4) is 0 Å². The van der Waals surface area contributed by atoms with Gasteiger partial charge in [0, 0.05) is 6.89 Å². The normalized spacial score (nSPS) is 10.7. The highest BCUT2D eigenvalue weighted by molar-refractivity contribution is 7.94. The second kappa shape index (κ2) is 7.88. The van der Waals surface area contributed by atoms with E-state index < -0.39 is 6.89 Å². The van der Waals surface area contributed by atoms with Crippen LogP contribution in [-0.2, 0) is 4.74 Å². The fraction of sp³-hybridized carbons (Fsp3) is 0.0909. The second-order valence-electron chi connectivity index (χ2n) is 5.38. The first-order valence-electron chi connectivity index (χ1n) is 8.15. The highest BCUT2D eigenvalue weighted by atomic mass is 31.2. The van der Waals surface area contributed by atoms with Crippen molar-refractivity contribution in [2.45, 2.75) is 6.92 Å². The van der Waals surface area contributed by atoms with Gasteiger partial charge in [0.1, 0.15) is 6.26 Å². The maximum atomic E-state index is 5.55. The molecule has 3 aromatic carbocycles. The summed E-state index contributed by atoms with van der Waals surface area (Å²) in [4.78, 5) is 0. The van der Waals surface area contributed by atoms with E-state index in [-0.39, 0.29) is 0 Å². The molecule has 0 unspecified atom stereocenters. The van der Waals surface area contributed by atoms with Crippen LogP contribution in [0.5, 0.6) is 0 Å². The van der Waals surface area contributed by atoms with Crippen molar-refractivity contribution in [1.82, 2.24) is 0 Å². The monoisotopic (exact) mass is 332 g/mol.